The first-order valence-electron chi connectivity index (χ1n) is 6.94. The van der Waals surface area contributed by atoms with Gasteiger partial charge in [-0.15, -0.1) is 0 Å². The van der Waals surface area contributed by atoms with Gasteiger partial charge in [0.2, 0.25) is 6.41 Å². The standard InChI is InChI=1S/C15H23NO5/c1-12(2)19-7-8-20-14-3-5-15(6-4-14)21-10-13(18)9-16-11-17/h3-6,11-13,18H,7-10H2,1-2H3,(H,16,17). The second-order valence-electron chi connectivity index (χ2n) is 4.73. The number of benzene rings is 1. The van der Waals surface area contributed by atoms with Crippen molar-refractivity contribution in [3.05, 3.63) is 24.3 Å². The van der Waals surface area contributed by atoms with E-state index in [9.17, 15) is 9.90 Å². The summed E-state index contributed by atoms with van der Waals surface area (Å²) >= 11 is 0. The van der Waals surface area contributed by atoms with E-state index in [1.165, 1.54) is 0 Å². The summed E-state index contributed by atoms with van der Waals surface area (Å²) in [5.74, 6) is 1.36. The molecule has 1 rings (SSSR count). The third-order valence-corrected chi connectivity index (χ3v) is 2.51. The summed E-state index contributed by atoms with van der Waals surface area (Å²) in [5.41, 5.74) is 0. The van der Waals surface area contributed by atoms with E-state index < -0.39 is 6.10 Å². The van der Waals surface area contributed by atoms with Gasteiger partial charge in [0.15, 0.2) is 0 Å². The smallest absolute Gasteiger partial charge is 0.207 e. The van der Waals surface area contributed by atoms with Crippen LogP contribution >= 0.6 is 0 Å². The summed E-state index contributed by atoms with van der Waals surface area (Å²) in [6.45, 7) is 5.28. The molecule has 0 spiro atoms. The second-order valence-corrected chi connectivity index (χ2v) is 4.73. The van der Waals surface area contributed by atoms with Gasteiger partial charge in [0.05, 0.1) is 12.7 Å². The van der Waals surface area contributed by atoms with Gasteiger partial charge in [-0.25, -0.2) is 0 Å². The molecule has 6 nitrogen and oxygen atoms in total. The fourth-order valence-electron chi connectivity index (χ4n) is 1.51. The zero-order valence-corrected chi connectivity index (χ0v) is 12.5. The fourth-order valence-corrected chi connectivity index (χ4v) is 1.51. The SMILES string of the molecule is CC(C)OCCOc1ccc(OCC(O)CNC=O)cc1. The van der Waals surface area contributed by atoms with Crippen LogP contribution in [0.2, 0.25) is 0 Å². The maximum absolute atomic E-state index is 10.1. The molecule has 0 aliphatic heterocycles. The number of hydrogen-bond acceptors (Lipinski definition) is 5. The van der Waals surface area contributed by atoms with Gasteiger partial charge in [0.1, 0.15) is 30.8 Å². The predicted octanol–water partition coefficient (Wildman–Crippen LogP) is 0.976. The van der Waals surface area contributed by atoms with E-state index in [0.717, 1.165) is 5.75 Å². The molecular formula is C15H23NO5. The third-order valence-electron chi connectivity index (χ3n) is 2.51. The Morgan fingerprint density at radius 2 is 1.76 bits per heavy atom. The van der Waals surface area contributed by atoms with Crippen LogP contribution in [-0.4, -0.2) is 50.1 Å². The number of amides is 1. The summed E-state index contributed by atoms with van der Waals surface area (Å²) < 4.78 is 16.3. The summed E-state index contributed by atoms with van der Waals surface area (Å²) in [4.78, 5) is 10.1. The van der Waals surface area contributed by atoms with Crippen molar-refractivity contribution in [2.24, 2.45) is 0 Å². The van der Waals surface area contributed by atoms with Crippen LogP contribution in [-0.2, 0) is 9.53 Å². The lowest BCUT2D eigenvalue weighted by Crippen LogP contribution is -2.30. The van der Waals surface area contributed by atoms with Crippen molar-refractivity contribution in [2.75, 3.05) is 26.4 Å². The summed E-state index contributed by atoms with van der Waals surface area (Å²) in [6.07, 6.45) is 0.00190. The Morgan fingerprint density at radius 1 is 1.14 bits per heavy atom. The van der Waals surface area contributed by atoms with Crippen molar-refractivity contribution in [1.29, 1.82) is 0 Å². The topological polar surface area (TPSA) is 77.0 Å². The number of ether oxygens (including phenoxy) is 3. The minimum absolute atomic E-state index is 0.114. The molecule has 6 heteroatoms. The van der Waals surface area contributed by atoms with Gasteiger partial charge in [0, 0.05) is 6.54 Å². The lowest BCUT2D eigenvalue weighted by molar-refractivity contribution is -0.110. The number of carbonyl (C=O) groups excluding carboxylic acids is 1. The van der Waals surface area contributed by atoms with Crippen molar-refractivity contribution in [3.8, 4) is 11.5 Å². The molecule has 0 saturated carbocycles. The van der Waals surface area contributed by atoms with Gasteiger partial charge in [0.25, 0.3) is 0 Å². The normalized spacial score (nSPS) is 12.0. The molecule has 0 heterocycles. The zero-order chi connectivity index (χ0) is 15.5. The van der Waals surface area contributed by atoms with E-state index in [0.29, 0.717) is 25.4 Å². The molecule has 1 amide bonds. The van der Waals surface area contributed by atoms with Crippen LogP contribution in [0.15, 0.2) is 24.3 Å². The first-order valence-corrected chi connectivity index (χ1v) is 6.94. The summed E-state index contributed by atoms with van der Waals surface area (Å²) in [6, 6.07) is 7.11. The Balaban J connectivity index is 2.25. The largest absolute Gasteiger partial charge is 0.491 e. The molecule has 0 aromatic heterocycles. The first kappa shape index (κ1) is 17.3. The highest BCUT2D eigenvalue weighted by molar-refractivity contribution is 5.45. The average Bonchev–Trinajstić information content (AvgIpc) is 2.48. The minimum atomic E-state index is -0.737. The number of aliphatic hydroxyl groups is 1. The molecule has 1 aromatic rings. The van der Waals surface area contributed by atoms with Crippen LogP contribution < -0.4 is 14.8 Å². The van der Waals surface area contributed by atoms with Crippen molar-refractivity contribution in [3.63, 3.8) is 0 Å². The fraction of sp³-hybridized carbons (Fsp3) is 0.533. The Hall–Kier alpha value is -1.79. The molecule has 0 saturated heterocycles. The summed E-state index contributed by atoms with van der Waals surface area (Å²) in [5, 5.41) is 11.9. The molecule has 2 N–H and O–H groups in total. The Bertz CT molecular complexity index is 394. The molecule has 118 valence electrons. The number of rotatable bonds is 11. The van der Waals surface area contributed by atoms with E-state index in [4.69, 9.17) is 14.2 Å². The van der Waals surface area contributed by atoms with Crippen LogP contribution in [0, 0.1) is 0 Å². The van der Waals surface area contributed by atoms with Crippen LogP contribution in [0.1, 0.15) is 13.8 Å². The highest BCUT2D eigenvalue weighted by Crippen LogP contribution is 2.17. The van der Waals surface area contributed by atoms with Gasteiger partial charge in [-0.1, -0.05) is 0 Å². The van der Waals surface area contributed by atoms with Crippen molar-refractivity contribution in [1.82, 2.24) is 5.32 Å². The van der Waals surface area contributed by atoms with E-state index in [-0.39, 0.29) is 19.3 Å². The molecule has 0 aliphatic carbocycles. The van der Waals surface area contributed by atoms with Crippen molar-refractivity contribution < 1.29 is 24.1 Å². The quantitative estimate of drug-likeness (QED) is 0.470. The predicted molar refractivity (Wildman–Crippen MR) is 78.6 cm³/mol. The molecule has 1 aromatic carbocycles. The third kappa shape index (κ3) is 8.16. The number of hydrogen-bond donors (Lipinski definition) is 2. The van der Waals surface area contributed by atoms with Crippen LogP contribution in [0.5, 0.6) is 11.5 Å². The van der Waals surface area contributed by atoms with E-state index in [2.05, 4.69) is 5.32 Å². The zero-order valence-electron chi connectivity index (χ0n) is 12.5. The van der Waals surface area contributed by atoms with Crippen molar-refractivity contribution >= 4 is 6.41 Å². The first-order chi connectivity index (χ1) is 10.1. The monoisotopic (exact) mass is 297 g/mol. The summed E-state index contributed by atoms with van der Waals surface area (Å²) in [7, 11) is 0. The molecule has 0 radical (unpaired) electrons. The highest BCUT2D eigenvalue weighted by Gasteiger charge is 2.04. The maximum Gasteiger partial charge on any atom is 0.207 e. The van der Waals surface area contributed by atoms with E-state index >= 15 is 0 Å². The molecule has 21 heavy (non-hydrogen) atoms. The van der Waals surface area contributed by atoms with Crippen LogP contribution in [0.4, 0.5) is 0 Å². The van der Waals surface area contributed by atoms with E-state index in [1.807, 2.05) is 13.8 Å². The average molecular weight is 297 g/mol. The Morgan fingerprint density at radius 3 is 2.33 bits per heavy atom. The molecule has 0 bridgehead atoms. The van der Waals surface area contributed by atoms with Gasteiger partial charge >= 0.3 is 0 Å². The second kappa shape index (κ2) is 10.0. The van der Waals surface area contributed by atoms with E-state index in [1.54, 1.807) is 24.3 Å². The molecule has 0 aliphatic rings. The van der Waals surface area contributed by atoms with Crippen LogP contribution in [0.3, 0.4) is 0 Å². The highest BCUT2D eigenvalue weighted by atomic mass is 16.5. The lowest BCUT2D eigenvalue weighted by Gasteiger charge is -2.12. The number of carbonyl (C=O) groups is 1. The maximum atomic E-state index is 10.1. The van der Waals surface area contributed by atoms with Gasteiger partial charge in [-0.05, 0) is 38.1 Å². The molecule has 1 atom stereocenters. The number of aliphatic hydroxyl groups excluding tert-OH is 1. The molecule has 1 unspecified atom stereocenters. The Kier molecular flexibility index (Phi) is 8.23. The van der Waals surface area contributed by atoms with Gasteiger partial charge in [-0.2, -0.15) is 0 Å². The van der Waals surface area contributed by atoms with Crippen LogP contribution in [0.25, 0.3) is 0 Å². The van der Waals surface area contributed by atoms with Gasteiger partial charge < -0.3 is 24.6 Å². The van der Waals surface area contributed by atoms with Gasteiger partial charge in [-0.3, -0.25) is 4.79 Å². The molecular weight excluding hydrogens is 274 g/mol. The number of nitrogens with one attached hydrogen (secondary N) is 1. The lowest BCUT2D eigenvalue weighted by atomic mass is 10.3. The van der Waals surface area contributed by atoms with Crippen molar-refractivity contribution in [2.45, 2.75) is 26.1 Å². The molecule has 0 fully saturated rings. The minimum Gasteiger partial charge on any atom is -0.491 e. The Labute approximate surface area is 125 Å².